The van der Waals surface area contributed by atoms with E-state index in [0.29, 0.717) is 44.3 Å². The molecule has 188 valence electrons. The molecular formula is C27H24N4O4S2. The second-order valence-electron chi connectivity index (χ2n) is 9.15. The molecule has 1 saturated carbocycles. The van der Waals surface area contributed by atoms with Crippen LogP contribution >= 0.6 is 22.7 Å². The molecule has 3 heterocycles. The fourth-order valence-corrected chi connectivity index (χ4v) is 6.17. The van der Waals surface area contributed by atoms with Gasteiger partial charge in [0.25, 0.3) is 5.56 Å². The number of thiophene rings is 1. The third kappa shape index (κ3) is 4.30. The second kappa shape index (κ2) is 9.37. The Kier molecular flexibility index (Phi) is 6.02. The summed E-state index contributed by atoms with van der Waals surface area (Å²) in [6.07, 6.45) is 3.97. The van der Waals surface area contributed by atoms with Crippen LogP contribution in [0.3, 0.4) is 0 Å². The van der Waals surface area contributed by atoms with Gasteiger partial charge in [0.2, 0.25) is 0 Å². The summed E-state index contributed by atoms with van der Waals surface area (Å²) in [5.74, 6) is 1.65. The van der Waals surface area contributed by atoms with Crippen molar-refractivity contribution >= 4 is 48.9 Å². The smallest absolute Gasteiger partial charge is 0.328 e. The van der Waals surface area contributed by atoms with Crippen molar-refractivity contribution in [3.8, 4) is 22.9 Å². The lowest BCUT2D eigenvalue weighted by atomic mass is 10.0. The second-order valence-corrected chi connectivity index (χ2v) is 11.1. The molecule has 0 spiro atoms. The topological polar surface area (TPSA) is 109 Å². The van der Waals surface area contributed by atoms with E-state index in [9.17, 15) is 9.59 Å². The first-order chi connectivity index (χ1) is 17.9. The molecule has 0 bridgehead atoms. The van der Waals surface area contributed by atoms with Gasteiger partial charge in [0.05, 0.1) is 29.3 Å². The molecule has 3 aromatic heterocycles. The molecule has 0 amide bonds. The van der Waals surface area contributed by atoms with E-state index in [1.54, 1.807) is 42.4 Å². The van der Waals surface area contributed by atoms with Crippen LogP contribution in [0.4, 0.5) is 0 Å². The van der Waals surface area contributed by atoms with E-state index in [0.717, 1.165) is 34.6 Å². The minimum atomic E-state index is -0.762. The lowest BCUT2D eigenvalue weighted by Crippen LogP contribution is -2.30. The maximum Gasteiger partial charge on any atom is 0.328 e. The first-order valence-corrected chi connectivity index (χ1v) is 13.6. The van der Waals surface area contributed by atoms with E-state index in [2.05, 4.69) is 11.1 Å². The van der Waals surface area contributed by atoms with Crippen LogP contribution in [0, 0.1) is 0 Å². The third-order valence-corrected chi connectivity index (χ3v) is 8.36. The van der Waals surface area contributed by atoms with Crippen molar-refractivity contribution in [2.45, 2.75) is 38.3 Å². The average molecular weight is 533 g/mol. The highest BCUT2D eigenvalue weighted by Gasteiger charge is 2.29. The Morgan fingerprint density at radius 3 is 2.81 bits per heavy atom. The van der Waals surface area contributed by atoms with Gasteiger partial charge in [0.15, 0.2) is 0 Å². The average Bonchev–Trinajstić information content (AvgIpc) is 3.48. The summed E-state index contributed by atoms with van der Waals surface area (Å²) in [5, 5.41) is 1.21. The number of carbonyl (C=O) groups excluding carboxylic acids is 1. The number of rotatable bonds is 7. The summed E-state index contributed by atoms with van der Waals surface area (Å²) < 4.78 is 13.5. The molecule has 2 aromatic carbocycles. The molecule has 8 nitrogen and oxygen atoms in total. The van der Waals surface area contributed by atoms with Gasteiger partial charge in [-0.05, 0) is 55.5 Å². The summed E-state index contributed by atoms with van der Waals surface area (Å²) >= 11 is 2.84. The highest BCUT2D eigenvalue weighted by molar-refractivity contribution is 7.25. The minimum absolute atomic E-state index is 0.145. The zero-order valence-corrected chi connectivity index (χ0v) is 21.9. The quantitative estimate of drug-likeness (QED) is 0.234. The van der Waals surface area contributed by atoms with Crippen LogP contribution < -0.4 is 20.8 Å². The zero-order valence-electron chi connectivity index (χ0n) is 20.3. The molecule has 0 radical (unpaired) electrons. The van der Waals surface area contributed by atoms with Crippen LogP contribution in [0.25, 0.3) is 31.7 Å². The molecule has 2 N–H and O–H groups in total. The summed E-state index contributed by atoms with van der Waals surface area (Å²) in [7, 11) is 1.66. The zero-order chi connectivity index (χ0) is 25.7. The molecule has 0 unspecified atom stereocenters. The van der Waals surface area contributed by atoms with Gasteiger partial charge in [-0.15, -0.1) is 22.7 Å². The summed E-state index contributed by atoms with van der Waals surface area (Å²) in [5.41, 5.74) is 9.38. The number of fused-ring (bicyclic) bond motifs is 3. The Morgan fingerprint density at radius 2 is 2.11 bits per heavy atom. The van der Waals surface area contributed by atoms with Crippen LogP contribution in [0.5, 0.6) is 11.5 Å². The van der Waals surface area contributed by atoms with E-state index in [1.807, 2.05) is 18.2 Å². The number of thiazole rings is 1. The minimum Gasteiger partial charge on any atom is -0.497 e. The van der Waals surface area contributed by atoms with Crippen LogP contribution in [0.15, 0.2) is 52.9 Å². The van der Waals surface area contributed by atoms with E-state index >= 15 is 0 Å². The fraction of sp³-hybridized carbons (Fsp3) is 0.259. The number of hydrogen-bond acceptors (Lipinski definition) is 9. The molecule has 5 aromatic rings. The van der Waals surface area contributed by atoms with Crippen molar-refractivity contribution in [1.82, 2.24) is 14.5 Å². The molecule has 37 heavy (non-hydrogen) atoms. The standard InChI is InChI=1S/C27H24N4O4S2/c1-14(28)27(33)35-21-5-3-4-19-22-25(37-23(19)21)30-24(31(26(22)32)12-17-11-29-13-36-17)18-9-8-16(34-2)10-20(18)15-6-7-15/h3-5,8-11,13-15H,6-7,12,28H2,1-2H3/t14-/m0/s1. The highest BCUT2D eigenvalue weighted by Crippen LogP contribution is 2.46. The molecule has 1 aliphatic carbocycles. The van der Waals surface area contributed by atoms with Gasteiger partial charge < -0.3 is 15.2 Å². The number of aromatic nitrogens is 3. The van der Waals surface area contributed by atoms with Crippen molar-refractivity contribution in [1.29, 1.82) is 0 Å². The molecule has 0 aliphatic heterocycles. The van der Waals surface area contributed by atoms with Crippen LogP contribution in [-0.2, 0) is 11.3 Å². The van der Waals surface area contributed by atoms with Crippen molar-refractivity contribution < 1.29 is 14.3 Å². The number of carbonyl (C=O) groups is 1. The molecule has 1 fully saturated rings. The largest absolute Gasteiger partial charge is 0.497 e. The van der Waals surface area contributed by atoms with Crippen LogP contribution in [0.2, 0.25) is 0 Å². The molecule has 1 aliphatic rings. The number of nitrogens with two attached hydrogens (primary N) is 1. The van der Waals surface area contributed by atoms with E-state index in [-0.39, 0.29) is 5.56 Å². The van der Waals surface area contributed by atoms with Gasteiger partial charge in [-0.3, -0.25) is 14.3 Å². The molecule has 6 rings (SSSR count). The highest BCUT2D eigenvalue weighted by atomic mass is 32.1. The fourth-order valence-electron chi connectivity index (χ4n) is 4.47. The summed E-state index contributed by atoms with van der Waals surface area (Å²) in [4.78, 5) is 37.2. The van der Waals surface area contributed by atoms with E-state index in [1.165, 1.54) is 22.7 Å². The predicted molar refractivity (Wildman–Crippen MR) is 146 cm³/mol. The predicted octanol–water partition coefficient (Wildman–Crippen LogP) is 4.92. The van der Waals surface area contributed by atoms with Crippen molar-refractivity contribution in [3.05, 3.63) is 68.9 Å². The van der Waals surface area contributed by atoms with Crippen molar-refractivity contribution in [2.24, 2.45) is 5.73 Å². The van der Waals surface area contributed by atoms with E-state index in [4.69, 9.17) is 20.2 Å². The van der Waals surface area contributed by atoms with Crippen molar-refractivity contribution in [2.75, 3.05) is 7.11 Å². The molecular weight excluding hydrogens is 508 g/mol. The Morgan fingerprint density at radius 1 is 1.27 bits per heavy atom. The first kappa shape index (κ1) is 23.8. The van der Waals surface area contributed by atoms with Gasteiger partial charge in [-0.1, -0.05) is 12.1 Å². The third-order valence-electron chi connectivity index (χ3n) is 6.48. The number of ether oxygens (including phenoxy) is 2. The first-order valence-electron chi connectivity index (χ1n) is 11.9. The summed E-state index contributed by atoms with van der Waals surface area (Å²) in [6.45, 7) is 1.93. The maximum absolute atomic E-state index is 14.1. The van der Waals surface area contributed by atoms with Gasteiger partial charge in [0, 0.05) is 22.0 Å². The van der Waals surface area contributed by atoms with Gasteiger partial charge in [0.1, 0.15) is 28.2 Å². The SMILES string of the molecule is COc1ccc(-c2nc3sc4c(OC(=O)[C@H](C)N)cccc4c3c(=O)n2Cc2cncs2)c(C2CC2)c1. The normalized spacial score (nSPS) is 14.2. The summed E-state index contributed by atoms with van der Waals surface area (Å²) in [6, 6.07) is 10.5. The lowest BCUT2D eigenvalue weighted by Gasteiger charge is -2.16. The Bertz CT molecular complexity index is 1700. The molecule has 10 heteroatoms. The Balaban J connectivity index is 1.61. The number of nitrogens with zero attached hydrogens (tertiary/aromatic N) is 3. The number of hydrogen-bond donors (Lipinski definition) is 1. The number of methoxy groups -OCH3 is 1. The molecule has 0 saturated heterocycles. The molecule has 1 atom stereocenters. The monoisotopic (exact) mass is 532 g/mol. The maximum atomic E-state index is 14.1. The Labute approximate surface area is 220 Å². The van der Waals surface area contributed by atoms with Crippen LogP contribution in [-0.4, -0.2) is 33.7 Å². The Hall–Kier alpha value is -3.60. The van der Waals surface area contributed by atoms with E-state index < -0.39 is 12.0 Å². The lowest BCUT2D eigenvalue weighted by molar-refractivity contribution is -0.135. The van der Waals surface area contributed by atoms with Crippen LogP contribution in [0.1, 0.15) is 36.1 Å². The van der Waals surface area contributed by atoms with Gasteiger partial charge in [-0.2, -0.15) is 0 Å². The number of esters is 1. The van der Waals surface area contributed by atoms with Gasteiger partial charge >= 0.3 is 5.97 Å². The van der Waals surface area contributed by atoms with Crippen molar-refractivity contribution in [3.63, 3.8) is 0 Å². The van der Waals surface area contributed by atoms with Gasteiger partial charge in [-0.25, -0.2) is 9.78 Å². The number of benzene rings is 2.